The molecular weight excluding hydrogens is 508 g/mol. The summed E-state index contributed by atoms with van der Waals surface area (Å²) in [5, 5.41) is 20.4. The van der Waals surface area contributed by atoms with E-state index in [1.807, 2.05) is 60.7 Å². The van der Waals surface area contributed by atoms with E-state index in [0.717, 1.165) is 49.0 Å². The number of carbonyl (C=O) groups is 2. The van der Waals surface area contributed by atoms with Crippen molar-refractivity contribution in [1.29, 1.82) is 10.5 Å². The van der Waals surface area contributed by atoms with Crippen LogP contribution in [0.1, 0.15) is 31.8 Å². The highest BCUT2D eigenvalue weighted by Crippen LogP contribution is 2.39. The number of amides is 2. The van der Waals surface area contributed by atoms with Crippen LogP contribution < -0.4 is 0 Å². The smallest absolute Gasteiger partial charge is 0.263 e. The Morgan fingerprint density at radius 2 is 1.07 bits per heavy atom. The molecule has 0 bridgehead atoms. The van der Waals surface area contributed by atoms with E-state index in [4.69, 9.17) is 0 Å². The Bertz CT molecular complexity index is 2040. The molecule has 1 aromatic heterocycles. The molecule has 1 aliphatic rings. The number of aromatic nitrogens is 1. The van der Waals surface area contributed by atoms with Gasteiger partial charge in [-0.2, -0.15) is 10.5 Å². The zero-order valence-corrected chi connectivity index (χ0v) is 21.9. The molecule has 0 N–H and O–H groups in total. The van der Waals surface area contributed by atoms with Gasteiger partial charge in [-0.3, -0.25) is 14.5 Å². The van der Waals surface area contributed by atoms with Crippen molar-refractivity contribution in [3.63, 3.8) is 0 Å². The number of carbonyl (C=O) groups excluding carboxylic acids is 2. The lowest BCUT2D eigenvalue weighted by atomic mass is 9.99. The second kappa shape index (κ2) is 9.05. The molecule has 192 valence electrons. The van der Waals surface area contributed by atoms with E-state index in [1.54, 1.807) is 30.3 Å². The minimum atomic E-state index is -0.320. The zero-order chi connectivity index (χ0) is 28.2. The molecule has 2 amide bonds. The molecule has 2 heterocycles. The number of imide groups is 1. The van der Waals surface area contributed by atoms with Crippen LogP contribution in [0.4, 0.5) is 0 Å². The van der Waals surface area contributed by atoms with Gasteiger partial charge in [0, 0.05) is 17.8 Å². The van der Waals surface area contributed by atoms with Gasteiger partial charge in [0.2, 0.25) is 0 Å². The van der Waals surface area contributed by atoms with Crippen molar-refractivity contribution in [2.24, 2.45) is 0 Å². The lowest BCUT2D eigenvalue weighted by molar-refractivity contribution is 0.0693. The van der Waals surface area contributed by atoms with Gasteiger partial charge in [-0.1, -0.05) is 42.5 Å². The number of benzene rings is 5. The van der Waals surface area contributed by atoms with Gasteiger partial charge in [0.1, 0.15) is 0 Å². The predicted octanol–water partition coefficient (Wildman–Crippen LogP) is 7.09. The van der Waals surface area contributed by atoms with Crippen LogP contribution in [0.2, 0.25) is 0 Å². The highest BCUT2D eigenvalue weighted by Gasteiger charge is 2.35. The molecular formula is C35H20N4O2. The van der Waals surface area contributed by atoms with E-state index in [2.05, 4.69) is 28.8 Å². The van der Waals surface area contributed by atoms with Crippen LogP contribution in [-0.4, -0.2) is 28.3 Å². The summed E-state index contributed by atoms with van der Waals surface area (Å²) in [4.78, 5) is 27.2. The lowest BCUT2D eigenvalue weighted by Gasteiger charge is -2.12. The zero-order valence-electron chi connectivity index (χ0n) is 21.9. The molecule has 0 aliphatic carbocycles. The largest absolute Gasteiger partial charge is 0.308 e. The highest BCUT2D eigenvalue weighted by molar-refractivity contribution is 6.23. The van der Waals surface area contributed by atoms with E-state index in [-0.39, 0.29) is 11.8 Å². The van der Waals surface area contributed by atoms with E-state index in [0.29, 0.717) is 27.9 Å². The molecule has 0 atom stereocenters. The maximum absolute atomic E-state index is 13.2. The van der Waals surface area contributed by atoms with Crippen LogP contribution in [0.25, 0.3) is 49.7 Å². The fraction of sp³-hybridized carbons (Fsp3) is 0.0286. The fourth-order valence-corrected chi connectivity index (χ4v) is 5.69. The summed E-state index contributed by atoms with van der Waals surface area (Å²) in [6, 6.07) is 37.1. The second-order valence-electron chi connectivity index (χ2n) is 10.0. The topological polar surface area (TPSA) is 89.9 Å². The van der Waals surface area contributed by atoms with Crippen LogP contribution in [0.5, 0.6) is 0 Å². The number of rotatable bonds is 3. The van der Waals surface area contributed by atoms with Crippen LogP contribution in [0, 0.1) is 22.7 Å². The number of nitriles is 2. The Balaban J connectivity index is 1.52. The Morgan fingerprint density at radius 1 is 0.585 bits per heavy atom. The maximum Gasteiger partial charge on any atom is 0.263 e. The molecule has 0 unspecified atom stereocenters. The van der Waals surface area contributed by atoms with Crippen molar-refractivity contribution < 1.29 is 9.59 Å². The molecule has 5 aromatic carbocycles. The van der Waals surface area contributed by atoms with E-state index < -0.39 is 0 Å². The number of hydrogen-bond donors (Lipinski definition) is 0. The minimum absolute atomic E-state index is 0.307. The summed E-state index contributed by atoms with van der Waals surface area (Å²) in [5.41, 5.74) is 8.40. The molecule has 0 fully saturated rings. The third-order valence-electron chi connectivity index (χ3n) is 7.80. The van der Waals surface area contributed by atoms with Crippen molar-refractivity contribution >= 4 is 33.6 Å². The van der Waals surface area contributed by atoms with Crippen LogP contribution in [0.15, 0.2) is 103 Å². The van der Waals surface area contributed by atoms with Crippen molar-refractivity contribution in [2.45, 2.75) is 0 Å². The molecule has 0 saturated heterocycles. The maximum atomic E-state index is 13.2. The molecule has 6 heteroatoms. The Morgan fingerprint density at radius 3 is 1.56 bits per heavy atom. The molecule has 6 nitrogen and oxygen atoms in total. The normalized spacial score (nSPS) is 12.5. The first-order chi connectivity index (χ1) is 20.0. The summed E-state index contributed by atoms with van der Waals surface area (Å²) in [7, 11) is 1.51. The molecule has 0 spiro atoms. The fourth-order valence-electron chi connectivity index (χ4n) is 5.69. The molecule has 0 saturated carbocycles. The van der Waals surface area contributed by atoms with Crippen molar-refractivity contribution in [3.05, 3.63) is 125 Å². The van der Waals surface area contributed by atoms with Gasteiger partial charge in [-0.15, -0.1) is 0 Å². The summed E-state index contributed by atoms with van der Waals surface area (Å²) >= 11 is 0. The van der Waals surface area contributed by atoms with Gasteiger partial charge < -0.3 is 4.57 Å². The summed E-state index contributed by atoms with van der Waals surface area (Å²) in [6.07, 6.45) is 0. The van der Waals surface area contributed by atoms with Gasteiger partial charge >= 0.3 is 0 Å². The number of fused-ring (bicyclic) bond motifs is 4. The lowest BCUT2D eigenvalue weighted by Crippen LogP contribution is -2.24. The average Bonchev–Trinajstić information content (AvgIpc) is 3.47. The molecule has 7 rings (SSSR count). The predicted molar refractivity (Wildman–Crippen MR) is 158 cm³/mol. The van der Waals surface area contributed by atoms with Gasteiger partial charge in [0.15, 0.2) is 0 Å². The van der Waals surface area contributed by atoms with Crippen LogP contribution in [-0.2, 0) is 0 Å². The Labute approximate surface area is 235 Å². The van der Waals surface area contributed by atoms with Gasteiger partial charge in [0.25, 0.3) is 11.8 Å². The standard InChI is InChI=1S/C35H20N4O2/c1-38-34(40)27-3-2-4-32(33(27)35(38)41)39-30-15-13-25(23-9-5-21(19-36)6-10-23)17-28(30)29-18-26(14-16-31(29)39)24-11-7-22(20-37)8-12-24/h2-18H,1H3. The first kappa shape index (κ1) is 24.1. The monoisotopic (exact) mass is 528 g/mol. The molecule has 1 aliphatic heterocycles. The average molecular weight is 529 g/mol. The quantitative estimate of drug-likeness (QED) is 0.229. The number of nitrogens with zero attached hydrogens (tertiary/aromatic N) is 4. The van der Waals surface area contributed by atoms with Crippen molar-refractivity contribution in [2.75, 3.05) is 7.05 Å². The number of hydrogen-bond acceptors (Lipinski definition) is 4. The van der Waals surface area contributed by atoms with E-state index in [1.165, 1.54) is 7.05 Å². The van der Waals surface area contributed by atoms with Gasteiger partial charge in [0.05, 0.1) is 51.1 Å². The third-order valence-corrected chi connectivity index (χ3v) is 7.80. The minimum Gasteiger partial charge on any atom is -0.308 e. The summed E-state index contributed by atoms with van der Waals surface area (Å²) in [6.45, 7) is 0. The highest BCUT2D eigenvalue weighted by atomic mass is 16.2. The summed E-state index contributed by atoms with van der Waals surface area (Å²) < 4.78 is 2.05. The Hall–Kier alpha value is -5.98. The molecule has 41 heavy (non-hydrogen) atoms. The third kappa shape index (κ3) is 3.63. The first-order valence-electron chi connectivity index (χ1n) is 13.0. The van der Waals surface area contributed by atoms with Crippen LogP contribution >= 0.6 is 0 Å². The van der Waals surface area contributed by atoms with Gasteiger partial charge in [-0.25, -0.2) is 0 Å². The molecule has 0 radical (unpaired) electrons. The van der Waals surface area contributed by atoms with Crippen LogP contribution in [0.3, 0.4) is 0 Å². The Kier molecular flexibility index (Phi) is 5.32. The van der Waals surface area contributed by atoms with Gasteiger partial charge in [-0.05, 0) is 82.9 Å². The van der Waals surface area contributed by atoms with E-state index >= 15 is 0 Å². The van der Waals surface area contributed by atoms with Crippen molar-refractivity contribution in [1.82, 2.24) is 9.47 Å². The SMILES string of the molecule is CN1C(=O)c2cccc(-n3c4ccc(-c5ccc(C#N)cc5)cc4c4cc(-c5ccc(C#N)cc5)ccc43)c2C1=O. The summed E-state index contributed by atoms with van der Waals surface area (Å²) in [5.74, 6) is -0.627. The molecule has 6 aromatic rings. The first-order valence-corrected chi connectivity index (χ1v) is 13.0. The van der Waals surface area contributed by atoms with Crippen molar-refractivity contribution in [3.8, 4) is 40.1 Å². The second-order valence-corrected chi connectivity index (χ2v) is 10.0. The van der Waals surface area contributed by atoms with E-state index in [9.17, 15) is 20.1 Å².